The highest BCUT2D eigenvalue weighted by Gasteiger charge is 2.22. The van der Waals surface area contributed by atoms with E-state index in [9.17, 15) is 9.18 Å². The topological polar surface area (TPSA) is 88.8 Å². The summed E-state index contributed by atoms with van der Waals surface area (Å²) in [6.45, 7) is 0. The van der Waals surface area contributed by atoms with Crippen LogP contribution in [0.15, 0.2) is 69.9 Å². The Morgan fingerprint density at radius 1 is 1.17 bits per heavy atom. The zero-order valence-electron chi connectivity index (χ0n) is 19.1. The summed E-state index contributed by atoms with van der Waals surface area (Å²) in [5.74, 6) is 0.782. The lowest BCUT2D eigenvalue weighted by atomic mass is 9.97. The number of benzene rings is 2. The molecule has 0 amide bonds. The number of fused-ring (bicyclic) bond motifs is 3. The molecular weight excluding hydrogens is 495 g/mol. The van der Waals surface area contributed by atoms with E-state index in [1.807, 2.05) is 24.3 Å². The molecule has 0 bridgehead atoms. The van der Waals surface area contributed by atoms with Crippen molar-refractivity contribution in [1.29, 1.82) is 0 Å². The number of hydrogen-bond acceptors (Lipinski definition) is 7. The smallest absolute Gasteiger partial charge is 0.267 e. The van der Waals surface area contributed by atoms with Crippen LogP contribution in [0.5, 0.6) is 0 Å². The van der Waals surface area contributed by atoms with Crippen molar-refractivity contribution in [1.82, 2.24) is 24.8 Å². The van der Waals surface area contributed by atoms with E-state index >= 15 is 0 Å². The Bertz CT molecular complexity index is 1640. The van der Waals surface area contributed by atoms with Crippen LogP contribution in [0.1, 0.15) is 34.4 Å². The van der Waals surface area contributed by atoms with Gasteiger partial charge in [0.25, 0.3) is 5.56 Å². The fourth-order valence-electron chi connectivity index (χ4n) is 4.42. The average molecular weight is 517 g/mol. The molecule has 0 aliphatic heterocycles. The molecule has 1 N–H and O–H groups in total. The van der Waals surface area contributed by atoms with E-state index in [1.165, 1.54) is 46.0 Å². The Hall–Kier alpha value is -3.63. The van der Waals surface area contributed by atoms with Crippen molar-refractivity contribution in [3.8, 4) is 11.4 Å². The Balaban J connectivity index is 1.47. The molecule has 36 heavy (non-hydrogen) atoms. The zero-order chi connectivity index (χ0) is 24.5. The lowest BCUT2D eigenvalue weighted by Crippen LogP contribution is -2.21. The summed E-state index contributed by atoms with van der Waals surface area (Å²) >= 11 is 3.15. The van der Waals surface area contributed by atoms with E-state index in [2.05, 4.69) is 20.3 Å². The largest absolute Gasteiger partial charge is 0.283 e. The van der Waals surface area contributed by atoms with Crippen LogP contribution in [0.2, 0.25) is 0 Å². The fraction of sp³-hybridized carbons (Fsp3) is 0.192. The number of rotatable bonds is 6. The van der Waals surface area contributed by atoms with Crippen molar-refractivity contribution < 1.29 is 4.39 Å². The van der Waals surface area contributed by atoms with Crippen LogP contribution < -0.4 is 5.56 Å². The fourth-order valence-corrected chi connectivity index (χ4v) is 6.39. The molecule has 6 rings (SSSR count). The lowest BCUT2D eigenvalue weighted by Gasteiger charge is -2.11. The molecule has 7 nitrogen and oxygen atoms in total. The number of nitrogens with zero attached hydrogens (tertiary/aromatic N) is 5. The zero-order valence-corrected chi connectivity index (χ0v) is 20.8. The van der Waals surface area contributed by atoms with E-state index < -0.39 is 0 Å². The third kappa shape index (κ3) is 4.49. The van der Waals surface area contributed by atoms with Crippen LogP contribution in [-0.4, -0.2) is 31.1 Å². The summed E-state index contributed by atoms with van der Waals surface area (Å²) in [6.07, 6.45) is 7.04. The molecule has 2 aromatic carbocycles. The van der Waals surface area contributed by atoms with Crippen molar-refractivity contribution in [3.05, 3.63) is 92.6 Å². The number of aryl methyl sites for hydroxylation is 2. The summed E-state index contributed by atoms with van der Waals surface area (Å²) in [5, 5.41) is 12.6. The van der Waals surface area contributed by atoms with Gasteiger partial charge in [-0.05, 0) is 60.6 Å². The third-order valence-electron chi connectivity index (χ3n) is 6.09. The summed E-state index contributed by atoms with van der Waals surface area (Å²) in [5.41, 5.74) is 3.32. The highest BCUT2D eigenvalue weighted by atomic mass is 32.2. The van der Waals surface area contributed by atoms with E-state index in [4.69, 9.17) is 4.98 Å². The van der Waals surface area contributed by atoms with Crippen LogP contribution in [0, 0.1) is 5.82 Å². The van der Waals surface area contributed by atoms with Crippen molar-refractivity contribution >= 4 is 39.5 Å². The van der Waals surface area contributed by atoms with Gasteiger partial charge in [0.1, 0.15) is 17.0 Å². The summed E-state index contributed by atoms with van der Waals surface area (Å²) in [7, 11) is 0. The molecule has 3 aromatic heterocycles. The number of nitrogens with one attached hydrogen (secondary N) is 1. The Kier molecular flexibility index (Phi) is 6.20. The van der Waals surface area contributed by atoms with Crippen LogP contribution in [-0.2, 0) is 18.6 Å². The maximum atomic E-state index is 13.8. The van der Waals surface area contributed by atoms with Gasteiger partial charge in [-0.3, -0.25) is 9.89 Å². The minimum atomic E-state index is -0.357. The second-order valence-electron chi connectivity index (χ2n) is 8.52. The number of halogens is 1. The molecule has 1 aliphatic rings. The first-order valence-electron chi connectivity index (χ1n) is 11.6. The highest BCUT2D eigenvalue weighted by molar-refractivity contribution is 7.98. The molecule has 10 heteroatoms. The average Bonchev–Trinajstić information content (AvgIpc) is 3.55. The van der Waals surface area contributed by atoms with Crippen LogP contribution in [0.4, 0.5) is 4.39 Å². The van der Waals surface area contributed by atoms with Gasteiger partial charge in [0.2, 0.25) is 0 Å². The number of hydrogen-bond donors (Lipinski definition) is 1. The van der Waals surface area contributed by atoms with Crippen molar-refractivity contribution in [2.24, 2.45) is 5.10 Å². The van der Waals surface area contributed by atoms with Gasteiger partial charge in [0.15, 0.2) is 11.0 Å². The molecule has 5 aromatic rings. The molecule has 0 saturated carbocycles. The molecule has 0 fully saturated rings. The number of aromatic nitrogens is 5. The number of H-pyrrole nitrogens is 1. The van der Waals surface area contributed by atoms with Crippen LogP contribution in [0.3, 0.4) is 0 Å². The second kappa shape index (κ2) is 9.79. The number of thioether (sulfide) groups is 1. The summed E-state index contributed by atoms with van der Waals surface area (Å²) < 4.78 is 15.1. The van der Waals surface area contributed by atoms with Gasteiger partial charge >= 0.3 is 0 Å². The first-order chi connectivity index (χ1) is 17.7. The molecule has 0 saturated heterocycles. The molecule has 0 spiro atoms. The maximum absolute atomic E-state index is 13.8. The second-order valence-corrected chi connectivity index (χ2v) is 10.6. The molecule has 180 valence electrons. The highest BCUT2D eigenvalue weighted by Crippen LogP contribution is 2.35. The van der Waals surface area contributed by atoms with Crippen LogP contribution >= 0.6 is 23.1 Å². The maximum Gasteiger partial charge on any atom is 0.283 e. The van der Waals surface area contributed by atoms with E-state index in [0.29, 0.717) is 22.5 Å². The Morgan fingerprint density at radius 3 is 2.92 bits per heavy atom. The van der Waals surface area contributed by atoms with Gasteiger partial charge in [0, 0.05) is 16.2 Å². The van der Waals surface area contributed by atoms with Gasteiger partial charge in [-0.1, -0.05) is 42.1 Å². The normalized spacial score (nSPS) is 13.5. The Morgan fingerprint density at radius 2 is 2.06 bits per heavy atom. The van der Waals surface area contributed by atoms with Gasteiger partial charge in [0.05, 0.1) is 11.6 Å². The van der Waals surface area contributed by atoms with Gasteiger partial charge in [-0.25, -0.2) is 14.4 Å². The summed E-state index contributed by atoms with van der Waals surface area (Å²) in [4.78, 5) is 24.9. The predicted molar refractivity (Wildman–Crippen MR) is 141 cm³/mol. The number of aromatic amines is 1. The van der Waals surface area contributed by atoms with Gasteiger partial charge in [-0.15, -0.1) is 11.3 Å². The molecule has 0 atom stereocenters. The molecule has 0 unspecified atom stereocenters. The van der Waals surface area contributed by atoms with Gasteiger partial charge in [-0.2, -0.15) is 14.9 Å². The first-order valence-corrected chi connectivity index (χ1v) is 13.4. The predicted octanol–water partition coefficient (Wildman–Crippen LogP) is 5.44. The Labute approximate surface area is 214 Å². The van der Waals surface area contributed by atoms with E-state index in [-0.39, 0.29) is 11.4 Å². The molecular formula is C26H21FN6OS2. The van der Waals surface area contributed by atoms with Gasteiger partial charge < -0.3 is 0 Å². The minimum Gasteiger partial charge on any atom is -0.267 e. The SMILES string of the molecule is O=c1c2c3c(sc2nc(-c2cccc(CSc4ncn[nH]4)c2)n1/N=C/c1cccc(F)c1)CCCC3. The molecule has 1 aliphatic carbocycles. The van der Waals surface area contributed by atoms with E-state index in [1.54, 1.807) is 23.5 Å². The van der Waals surface area contributed by atoms with Crippen LogP contribution in [0.25, 0.3) is 21.6 Å². The standard InChI is InChI=1S/C26H21FN6OS2/c27-19-8-4-5-16(12-19)13-30-33-23(18-7-3-6-17(11-18)14-35-26-28-15-29-32-26)31-24-22(25(33)34)20-9-1-2-10-21(20)36-24/h3-8,11-13,15H,1-2,9-10,14H2,(H,28,29,32)/b30-13+. The first kappa shape index (κ1) is 22.8. The van der Waals surface area contributed by atoms with Crippen molar-refractivity contribution in [2.45, 2.75) is 36.6 Å². The van der Waals surface area contributed by atoms with Crippen molar-refractivity contribution in [2.75, 3.05) is 0 Å². The van der Waals surface area contributed by atoms with E-state index in [0.717, 1.165) is 52.4 Å². The monoisotopic (exact) mass is 516 g/mol. The quantitative estimate of drug-likeness (QED) is 0.240. The van der Waals surface area contributed by atoms with Crippen molar-refractivity contribution in [3.63, 3.8) is 0 Å². The summed E-state index contributed by atoms with van der Waals surface area (Å²) in [6, 6.07) is 14.0. The molecule has 0 radical (unpaired) electrons. The third-order valence-corrected chi connectivity index (χ3v) is 8.23. The number of thiophene rings is 1. The lowest BCUT2D eigenvalue weighted by molar-refractivity contribution is 0.627. The minimum absolute atomic E-state index is 0.191. The molecule has 3 heterocycles.